The molecule has 1 amide bonds. The average molecular weight is 259 g/mol. The number of carboxylic acid groups (broad SMARTS) is 1. The van der Waals surface area contributed by atoms with Crippen molar-refractivity contribution in [2.45, 2.75) is 25.8 Å². The summed E-state index contributed by atoms with van der Waals surface area (Å²) in [5.41, 5.74) is 2.07. The molecule has 1 aliphatic rings. The summed E-state index contributed by atoms with van der Waals surface area (Å²) in [4.78, 5) is 24.4. The highest BCUT2D eigenvalue weighted by Crippen LogP contribution is 2.18. The van der Waals surface area contributed by atoms with E-state index in [1.807, 2.05) is 31.2 Å². The Morgan fingerprint density at radius 2 is 2.21 bits per heavy atom. The van der Waals surface area contributed by atoms with Crippen LogP contribution in [-0.2, 0) is 9.59 Å². The van der Waals surface area contributed by atoms with E-state index in [9.17, 15) is 9.59 Å². The molecule has 1 aromatic rings. The van der Waals surface area contributed by atoms with Gasteiger partial charge in [-0.1, -0.05) is 29.8 Å². The molecule has 1 saturated heterocycles. The number of likely N-dealkylation sites (tertiary alicyclic amines) is 1. The SMILES string of the molecule is Cc1cccc(/C=C/C(=O)N2CCCC2C(=O)O)c1. The number of carboxylic acids is 1. The van der Waals surface area contributed by atoms with Gasteiger partial charge in [-0.05, 0) is 31.4 Å². The van der Waals surface area contributed by atoms with Crippen LogP contribution in [0.15, 0.2) is 30.3 Å². The van der Waals surface area contributed by atoms with Gasteiger partial charge in [0, 0.05) is 12.6 Å². The van der Waals surface area contributed by atoms with Gasteiger partial charge in [0.1, 0.15) is 6.04 Å². The Kier molecular flexibility index (Phi) is 4.00. The van der Waals surface area contributed by atoms with E-state index in [0.717, 1.165) is 17.5 Å². The lowest BCUT2D eigenvalue weighted by Gasteiger charge is -2.19. The Bertz CT molecular complexity index is 522. The number of hydrogen-bond acceptors (Lipinski definition) is 2. The molecule has 1 atom stereocenters. The highest BCUT2D eigenvalue weighted by molar-refractivity contribution is 5.94. The minimum Gasteiger partial charge on any atom is -0.480 e. The van der Waals surface area contributed by atoms with Crippen molar-refractivity contribution >= 4 is 18.0 Å². The smallest absolute Gasteiger partial charge is 0.326 e. The second-order valence-corrected chi connectivity index (χ2v) is 4.78. The number of amides is 1. The first-order valence-electron chi connectivity index (χ1n) is 6.36. The topological polar surface area (TPSA) is 57.6 Å². The third-order valence-corrected chi connectivity index (χ3v) is 3.28. The Morgan fingerprint density at radius 3 is 2.89 bits per heavy atom. The number of nitrogens with zero attached hydrogens (tertiary/aromatic N) is 1. The largest absolute Gasteiger partial charge is 0.480 e. The molecule has 0 spiro atoms. The number of rotatable bonds is 3. The van der Waals surface area contributed by atoms with Crippen LogP contribution in [-0.4, -0.2) is 34.5 Å². The molecule has 4 nitrogen and oxygen atoms in total. The standard InChI is InChI=1S/C15H17NO3/c1-11-4-2-5-12(10-11)7-8-14(17)16-9-3-6-13(16)15(18)19/h2,4-5,7-8,10,13H,3,6,9H2,1H3,(H,18,19)/b8-7+. The van der Waals surface area contributed by atoms with Crippen molar-refractivity contribution in [1.82, 2.24) is 4.90 Å². The van der Waals surface area contributed by atoms with Crippen LogP contribution in [0.3, 0.4) is 0 Å². The molecule has 4 heteroatoms. The Labute approximate surface area is 112 Å². The zero-order chi connectivity index (χ0) is 13.8. The minimum absolute atomic E-state index is 0.230. The first-order chi connectivity index (χ1) is 9.08. The van der Waals surface area contributed by atoms with E-state index in [2.05, 4.69) is 0 Å². The highest BCUT2D eigenvalue weighted by atomic mass is 16.4. The van der Waals surface area contributed by atoms with Crippen molar-refractivity contribution < 1.29 is 14.7 Å². The van der Waals surface area contributed by atoms with Gasteiger partial charge >= 0.3 is 5.97 Å². The molecule has 2 rings (SSSR count). The summed E-state index contributed by atoms with van der Waals surface area (Å²) in [5, 5.41) is 9.04. The molecular formula is C15H17NO3. The molecule has 0 radical (unpaired) electrons. The lowest BCUT2D eigenvalue weighted by atomic mass is 10.1. The van der Waals surface area contributed by atoms with Gasteiger partial charge in [0.15, 0.2) is 0 Å². The maximum absolute atomic E-state index is 12.0. The van der Waals surface area contributed by atoms with Crippen LogP contribution >= 0.6 is 0 Å². The zero-order valence-electron chi connectivity index (χ0n) is 10.9. The molecule has 0 aromatic heterocycles. The van der Waals surface area contributed by atoms with Gasteiger partial charge in [0.2, 0.25) is 5.91 Å². The van der Waals surface area contributed by atoms with Crippen LogP contribution in [0, 0.1) is 6.92 Å². The van der Waals surface area contributed by atoms with Crippen molar-refractivity contribution in [2.24, 2.45) is 0 Å². The van der Waals surface area contributed by atoms with Gasteiger partial charge < -0.3 is 10.0 Å². The Hall–Kier alpha value is -2.10. The molecule has 1 N–H and O–H groups in total. The fourth-order valence-corrected chi connectivity index (χ4v) is 2.32. The molecule has 0 saturated carbocycles. The van der Waals surface area contributed by atoms with Gasteiger partial charge in [0.05, 0.1) is 0 Å². The molecule has 1 aromatic carbocycles. The molecule has 100 valence electrons. The summed E-state index contributed by atoms with van der Waals surface area (Å²) in [6, 6.07) is 7.13. The van der Waals surface area contributed by atoms with Gasteiger partial charge in [-0.3, -0.25) is 4.79 Å². The number of carbonyl (C=O) groups is 2. The predicted molar refractivity (Wildman–Crippen MR) is 72.6 cm³/mol. The van der Waals surface area contributed by atoms with Gasteiger partial charge in [0.25, 0.3) is 0 Å². The first kappa shape index (κ1) is 13.3. The normalized spacial score (nSPS) is 19.0. The number of aliphatic carboxylic acids is 1. The summed E-state index contributed by atoms with van der Waals surface area (Å²) in [5.74, 6) is -1.15. The first-order valence-corrected chi connectivity index (χ1v) is 6.36. The molecule has 1 unspecified atom stereocenters. The second kappa shape index (κ2) is 5.69. The monoisotopic (exact) mass is 259 g/mol. The van der Waals surface area contributed by atoms with Crippen molar-refractivity contribution in [3.8, 4) is 0 Å². The van der Waals surface area contributed by atoms with Crippen LogP contribution in [0.2, 0.25) is 0 Å². The number of hydrogen-bond donors (Lipinski definition) is 1. The maximum atomic E-state index is 12.0. The number of carbonyl (C=O) groups excluding carboxylic acids is 1. The third kappa shape index (κ3) is 3.22. The summed E-state index contributed by atoms with van der Waals surface area (Å²) in [6.45, 7) is 2.51. The van der Waals surface area contributed by atoms with E-state index in [0.29, 0.717) is 13.0 Å². The summed E-state index contributed by atoms with van der Waals surface area (Å²) < 4.78 is 0. The van der Waals surface area contributed by atoms with Crippen LogP contribution in [0.4, 0.5) is 0 Å². The summed E-state index contributed by atoms with van der Waals surface area (Å²) >= 11 is 0. The van der Waals surface area contributed by atoms with Crippen molar-refractivity contribution in [2.75, 3.05) is 6.54 Å². The summed E-state index contributed by atoms with van der Waals surface area (Å²) in [7, 11) is 0. The molecule has 1 heterocycles. The zero-order valence-corrected chi connectivity index (χ0v) is 10.9. The number of aryl methyl sites for hydroxylation is 1. The van der Waals surface area contributed by atoms with Crippen molar-refractivity contribution in [3.05, 3.63) is 41.5 Å². The van der Waals surface area contributed by atoms with Gasteiger partial charge in [-0.15, -0.1) is 0 Å². The van der Waals surface area contributed by atoms with Crippen LogP contribution in [0.1, 0.15) is 24.0 Å². The van der Waals surface area contributed by atoms with Crippen molar-refractivity contribution in [3.63, 3.8) is 0 Å². The third-order valence-electron chi connectivity index (χ3n) is 3.28. The van der Waals surface area contributed by atoms with Crippen molar-refractivity contribution in [1.29, 1.82) is 0 Å². The Morgan fingerprint density at radius 1 is 1.42 bits per heavy atom. The molecular weight excluding hydrogens is 242 g/mol. The predicted octanol–water partition coefficient (Wildman–Crippen LogP) is 2.08. The van der Waals surface area contributed by atoms with Crippen LogP contribution in [0.25, 0.3) is 6.08 Å². The fourth-order valence-electron chi connectivity index (χ4n) is 2.32. The molecule has 19 heavy (non-hydrogen) atoms. The van der Waals surface area contributed by atoms with E-state index in [1.54, 1.807) is 6.08 Å². The Balaban J connectivity index is 2.06. The summed E-state index contributed by atoms with van der Waals surface area (Å²) in [6.07, 6.45) is 4.48. The van der Waals surface area contributed by atoms with E-state index >= 15 is 0 Å². The van der Waals surface area contributed by atoms with E-state index in [4.69, 9.17) is 5.11 Å². The quantitative estimate of drug-likeness (QED) is 0.845. The van der Waals surface area contributed by atoms with Crippen LogP contribution < -0.4 is 0 Å². The van der Waals surface area contributed by atoms with Crippen LogP contribution in [0.5, 0.6) is 0 Å². The average Bonchev–Trinajstić information content (AvgIpc) is 2.85. The highest BCUT2D eigenvalue weighted by Gasteiger charge is 2.32. The minimum atomic E-state index is -0.921. The van der Waals surface area contributed by atoms with E-state index < -0.39 is 12.0 Å². The fraction of sp³-hybridized carbons (Fsp3) is 0.333. The van der Waals surface area contributed by atoms with E-state index in [-0.39, 0.29) is 5.91 Å². The van der Waals surface area contributed by atoms with Gasteiger partial charge in [-0.2, -0.15) is 0 Å². The second-order valence-electron chi connectivity index (χ2n) is 4.78. The van der Waals surface area contributed by atoms with Gasteiger partial charge in [-0.25, -0.2) is 4.79 Å². The maximum Gasteiger partial charge on any atom is 0.326 e. The molecule has 1 fully saturated rings. The van der Waals surface area contributed by atoms with E-state index in [1.165, 1.54) is 11.0 Å². The number of benzene rings is 1. The lowest BCUT2D eigenvalue weighted by Crippen LogP contribution is -2.39. The molecule has 0 bridgehead atoms. The molecule has 1 aliphatic heterocycles. The lowest BCUT2D eigenvalue weighted by molar-refractivity contribution is -0.146. The molecule has 0 aliphatic carbocycles.